The van der Waals surface area contributed by atoms with Gasteiger partial charge in [-0.15, -0.1) is 11.3 Å². The highest BCUT2D eigenvalue weighted by molar-refractivity contribution is 7.10. The Labute approximate surface area is 98.2 Å². The van der Waals surface area contributed by atoms with Crippen molar-refractivity contribution in [3.63, 3.8) is 0 Å². The van der Waals surface area contributed by atoms with Gasteiger partial charge in [0.15, 0.2) is 5.78 Å². The molecular weight excluding hydrogens is 220 g/mol. The van der Waals surface area contributed by atoms with Crippen LogP contribution in [0.4, 0.5) is 0 Å². The van der Waals surface area contributed by atoms with Crippen molar-refractivity contribution in [1.82, 2.24) is 0 Å². The van der Waals surface area contributed by atoms with Crippen molar-refractivity contribution in [3.8, 4) is 0 Å². The van der Waals surface area contributed by atoms with Crippen LogP contribution < -0.4 is 0 Å². The van der Waals surface area contributed by atoms with Gasteiger partial charge in [0.1, 0.15) is 11.5 Å². The van der Waals surface area contributed by atoms with Gasteiger partial charge in [0, 0.05) is 4.88 Å². The summed E-state index contributed by atoms with van der Waals surface area (Å²) in [4.78, 5) is 12.9. The minimum atomic E-state index is -0.0113. The van der Waals surface area contributed by atoms with Crippen molar-refractivity contribution in [2.45, 2.75) is 13.8 Å². The number of thiophene rings is 1. The topological polar surface area (TPSA) is 30.2 Å². The summed E-state index contributed by atoms with van der Waals surface area (Å²) < 4.78 is 5.32. The summed E-state index contributed by atoms with van der Waals surface area (Å²) in [6.07, 6.45) is 3.41. The van der Waals surface area contributed by atoms with Crippen LogP contribution in [0.3, 0.4) is 0 Å². The number of ketones is 1. The molecule has 0 aromatic carbocycles. The van der Waals surface area contributed by atoms with Crippen molar-refractivity contribution >= 4 is 23.2 Å². The van der Waals surface area contributed by atoms with Gasteiger partial charge in [-0.05, 0) is 43.5 Å². The Hall–Kier alpha value is -1.61. The van der Waals surface area contributed by atoms with Gasteiger partial charge < -0.3 is 4.42 Å². The van der Waals surface area contributed by atoms with E-state index >= 15 is 0 Å². The molecule has 0 radical (unpaired) electrons. The highest BCUT2D eigenvalue weighted by Gasteiger charge is 2.10. The number of aryl methyl sites for hydroxylation is 2. The lowest BCUT2D eigenvalue weighted by atomic mass is 10.1. The van der Waals surface area contributed by atoms with Crippen molar-refractivity contribution < 1.29 is 9.21 Å². The summed E-state index contributed by atoms with van der Waals surface area (Å²) in [6.45, 7) is 3.64. The predicted molar refractivity (Wildman–Crippen MR) is 65.9 cm³/mol. The molecule has 82 valence electrons. The molecule has 0 amide bonds. The Morgan fingerprint density at radius 3 is 2.81 bits per heavy atom. The summed E-state index contributed by atoms with van der Waals surface area (Å²) in [5.74, 6) is 1.44. The van der Waals surface area contributed by atoms with Gasteiger partial charge in [0.25, 0.3) is 0 Å². The minimum Gasteiger partial charge on any atom is -0.466 e. The van der Waals surface area contributed by atoms with E-state index < -0.39 is 0 Å². The van der Waals surface area contributed by atoms with Crippen LogP contribution in [0.5, 0.6) is 0 Å². The van der Waals surface area contributed by atoms with E-state index in [1.54, 1.807) is 30.4 Å². The van der Waals surface area contributed by atoms with E-state index in [4.69, 9.17) is 4.42 Å². The van der Waals surface area contributed by atoms with Crippen LogP contribution in [-0.2, 0) is 0 Å². The molecule has 0 saturated carbocycles. The second-order valence-electron chi connectivity index (χ2n) is 3.54. The quantitative estimate of drug-likeness (QED) is 0.594. The monoisotopic (exact) mass is 232 g/mol. The molecule has 2 nitrogen and oxygen atoms in total. The van der Waals surface area contributed by atoms with Gasteiger partial charge in [0.05, 0.1) is 5.56 Å². The van der Waals surface area contributed by atoms with Gasteiger partial charge in [-0.2, -0.15) is 0 Å². The van der Waals surface area contributed by atoms with E-state index in [-0.39, 0.29) is 5.78 Å². The van der Waals surface area contributed by atoms with Crippen molar-refractivity contribution in [2.24, 2.45) is 0 Å². The average molecular weight is 232 g/mol. The second kappa shape index (κ2) is 4.49. The molecule has 0 unspecified atom stereocenters. The van der Waals surface area contributed by atoms with Crippen LogP contribution in [0.15, 0.2) is 34.1 Å². The highest BCUT2D eigenvalue weighted by atomic mass is 32.1. The zero-order valence-electron chi connectivity index (χ0n) is 9.19. The molecule has 0 aliphatic heterocycles. The molecule has 0 aliphatic carbocycles. The molecule has 0 fully saturated rings. The van der Waals surface area contributed by atoms with Crippen LogP contribution in [0.25, 0.3) is 6.08 Å². The maximum atomic E-state index is 11.8. The van der Waals surface area contributed by atoms with Crippen molar-refractivity contribution in [3.05, 3.63) is 51.6 Å². The molecule has 0 spiro atoms. The van der Waals surface area contributed by atoms with Gasteiger partial charge >= 0.3 is 0 Å². The maximum Gasteiger partial charge on any atom is 0.189 e. The molecule has 2 heterocycles. The molecule has 2 aromatic heterocycles. The summed E-state index contributed by atoms with van der Waals surface area (Å²) in [7, 11) is 0. The number of furan rings is 1. The lowest BCUT2D eigenvalue weighted by molar-refractivity contribution is 0.104. The lowest BCUT2D eigenvalue weighted by Crippen LogP contribution is -1.93. The van der Waals surface area contributed by atoms with Crippen LogP contribution in [0.1, 0.15) is 26.8 Å². The lowest BCUT2D eigenvalue weighted by Gasteiger charge is -1.90. The van der Waals surface area contributed by atoms with Gasteiger partial charge in [-0.25, -0.2) is 0 Å². The number of allylic oxidation sites excluding steroid dienone is 1. The molecular formula is C13H12O2S. The fraction of sp³-hybridized carbons (Fsp3) is 0.154. The van der Waals surface area contributed by atoms with Crippen LogP contribution in [0.2, 0.25) is 0 Å². The Bertz CT molecular complexity index is 518. The van der Waals surface area contributed by atoms with Crippen LogP contribution >= 0.6 is 11.3 Å². The Kier molecular flexibility index (Phi) is 3.06. The fourth-order valence-electron chi connectivity index (χ4n) is 1.51. The summed E-state index contributed by atoms with van der Waals surface area (Å²) >= 11 is 1.61. The summed E-state index contributed by atoms with van der Waals surface area (Å²) in [6, 6.07) is 5.71. The molecule has 16 heavy (non-hydrogen) atoms. The van der Waals surface area contributed by atoms with Gasteiger partial charge in [-0.1, -0.05) is 6.07 Å². The second-order valence-corrected chi connectivity index (χ2v) is 4.52. The van der Waals surface area contributed by atoms with Crippen LogP contribution in [0, 0.1) is 13.8 Å². The summed E-state index contributed by atoms with van der Waals surface area (Å²) in [5, 5.41) is 1.98. The van der Waals surface area contributed by atoms with Crippen molar-refractivity contribution in [2.75, 3.05) is 0 Å². The molecule has 2 rings (SSSR count). The molecule has 0 bridgehead atoms. The molecule has 3 heteroatoms. The smallest absolute Gasteiger partial charge is 0.189 e. The van der Waals surface area contributed by atoms with E-state index in [9.17, 15) is 4.79 Å². The SMILES string of the molecule is Cc1cc(C(=O)/C=C/c2cccs2)c(C)o1. The Morgan fingerprint density at radius 1 is 1.44 bits per heavy atom. The van der Waals surface area contributed by atoms with E-state index in [2.05, 4.69) is 0 Å². The van der Waals surface area contributed by atoms with Gasteiger partial charge in [-0.3, -0.25) is 4.79 Å². The number of rotatable bonds is 3. The van der Waals surface area contributed by atoms with E-state index in [0.29, 0.717) is 11.3 Å². The van der Waals surface area contributed by atoms with Crippen LogP contribution in [-0.4, -0.2) is 5.78 Å². The number of hydrogen-bond donors (Lipinski definition) is 0. The first-order valence-corrected chi connectivity index (χ1v) is 5.88. The minimum absolute atomic E-state index is 0.0113. The highest BCUT2D eigenvalue weighted by Crippen LogP contribution is 2.16. The zero-order chi connectivity index (χ0) is 11.5. The van der Waals surface area contributed by atoms with E-state index in [1.807, 2.05) is 30.5 Å². The third-order valence-electron chi connectivity index (χ3n) is 2.25. The first-order chi connectivity index (χ1) is 7.66. The Balaban J connectivity index is 2.17. The zero-order valence-corrected chi connectivity index (χ0v) is 10.0. The number of carbonyl (C=O) groups excluding carboxylic acids is 1. The normalized spacial score (nSPS) is 11.1. The van der Waals surface area contributed by atoms with E-state index in [0.717, 1.165) is 10.6 Å². The first kappa shape index (κ1) is 10.9. The largest absolute Gasteiger partial charge is 0.466 e. The fourth-order valence-corrected chi connectivity index (χ4v) is 2.13. The maximum absolute atomic E-state index is 11.8. The third-order valence-corrected chi connectivity index (χ3v) is 3.09. The average Bonchev–Trinajstić information content (AvgIpc) is 2.84. The molecule has 0 N–H and O–H groups in total. The number of carbonyl (C=O) groups is 1. The first-order valence-electron chi connectivity index (χ1n) is 5.00. The van der Waals surface area contributed by atoms with Crippen molar-refractivity contribution in [1.29, 1.82) is 0 Å². The molecule has 0 aliphatic rings. The standard InChI is InChI=1S/C13H12O2S/c1-9-8-12(10(2)15-9)13(14)6-5-11-4-3-7-16-11/h3-8H,1-2H3/b6-5+. The Morgan fingerprint density at radius 2 is 2.25 bits per heavy atom. The molecule has 0 atom stereocenters. The molecule has 0 saturated heterocycles. The predicted octanol–water partition coefficient (Wildman–Crippen LogP) is 3.85. The summed E-state index contributed by atoms with van der Waals surface area (Å²) in [5.41, 5.74) is 0.644. The van der Waals surface area contributed by atoms with Gasteiger partial charge in [0.2, 0.25) is 0 Å². The number of hydrogen-bond acceptors (Lipinski definition) is 3. The van der Waals surface area contributed by atoms with E-state index in [1.165, 1.54) is 0 Å². The third kappa shape index (κ3) is 2.31. The molecule has 2 aromatic rings.